The predicted octanol–water partition coefficient (Wildman–Crippen LogP) is 4.85. The molecule has 0 radical (unpaired) electrons. The van der Waals surface area contributed by atoms with Crippen molar-refractivity contribution in [2.24, 2.45) is 0 Å². The quantitative estimate of drug-likeness (QED) is 0.679. The van der Waals surface area contributed by atoms with E-state index < -0.39 is 6.36 Å². The lowest BCUT2D eigenvalue weighted by Crippen LogP contribution is -2.16. The third-order valence-corrected chi connectivity index (χ3v) is 3.98. The van der Waals surface area contributed by atoms with E-state index in [2.05, 4.69) is 19.3 Å². The van der Waals surface area contributed by atoms with Crippen LogP contribution in [-0.2, 0) is 0 Å². The fourth-order valence-electron chi connectivity index (χ4n) is 2.70. The van der Waals surface area contributed by atoms with Crippen molar-refractivity contribution in [1.29, 1.82) is 0 Å². The third kappa shape index (κ3) is 3.50. The van der Waals surface area contributed by atoms with Crippen LogP contribution in [0.25, 0.3) is 22.6 Å². The molecular weight excluding hydrogens is 331 g/mol. The third-order valence-electron chi connectivity index (χ3n) is 3.98. The molecule has 0 spiro atoms. The van der Waals surface area contributed by atoms with Crippen LogP contribution in [-0.4, -0.2) is 20.9 Å². The van der Waals surface area contributed by atoms with Crippen LogP contribution in [0.15, 0.2) is 55.0 Å². The highest BCUT2D eigenvalue weighted by Gasteiger charge is 2.31. The first kappa shape index (κ1) is 15.7. The van der Waals surface area contributed by atoms with Crippen LogP contribution >= 0.6 is 0 Å². The van der Waals surface area contributed by atoms with E-state index in [9.17, 15) is 13.2 Å². The number of pyridine rings is 1. The lowest BCUT2D eigenvalue weighted by Gasteiger charge is -2.10. The summed E-state index contributed by atoms with van der Waals surface area (Å²) < 4.78 is 42.9. The molecule has 128 valence electrons. The van der Waals surface area contributed by atoms with Gasteiger partial charge >= 0.3 is 6.36 Å². The molecule has 0 saturated heterocycles. The van der Waals surface area contributed by atoms with Gasteiger partial charge in [0.05, 0.1) is 5.69 Å². The SMILES string of the molecule is FC(F)(F)Oc1ccc(-c2nc(-c3cccnc3)cn2C2CC2)cc1. The van der Waals surface area contributed by atoms with Gasteiger partial charge in [-0.25, -0.2) is 4.98 Å². The van der Waals surface area contributed by atoms with Crippen molar-refractivity contribution in [2.75, 3.05) is 0 Å². The zero-order valence-electron chi connectivity index (χ0n) is 13.1. The second-order valence-corrected chi connectivity index (χ2v) is 5.90. The first-order valence-electron chi connectivity index (χ1n) is 7.85. The van der Waals surface area contributed by atoms with Crippen molar-refractivity contribution in [2.45, 2.75) is 25.2 Å². The van der Waals surface area contributed by atoms with Crippen LogP contribution in [0.2, 0.25) is 0 Å². The van der Waals surface area contributed by atoms with E-state index in [1.54, 1.807) is 24.5 Å². The minimum Gasteiger partial charge on any atom is -0.406 e. The van der Waals surface area contributed by atoms with Crippen LogP contribution in [0.3, 0.4) is 0 Å². The molecular formula is C18H14F3N3O. The second kappa shape index (κ2) is 5.91. The number of benzene rings is 1. The number of imidazole rings is 1. The lowest BCUT2D eigenvalue weighted by atomic mass is 10.2. The topological polar surface area (TPSA) is 39.9 Å². The molecule has 1 aliphatic rings. The fourth-order valence-corrected chi connectivity index (χ4v) is 2.70. The fraction of sp³-hybridized carbons (Fsp3) is 0.222. The molecule has 1 saturated carbocycles. The molecule has 0 amide bonds. The summed E-state index contributed by atoms with van der Waals surface area (Å²) in [5.74, 6) is 0.494. The van der Waals surface area contributed by atoms with Crippen molar-refractivity contribution in [3.05, 3.63) is 55.0 Å². The molecule has 7 heteroatoms. The summed E-state index contributed by atoms with van der Waals surface area (Å²) in [7, 11) is 0. The summed E-state index contributed by atoms with van der Waals surface area (Å²) in [6, 6.07) is 9.95. The maximum Gasteiger partial charge on any atom is 0.573 e. The Morgan fingerprint density at radius 3 is 2.40 bits per heavy atom. The Morgan fingerprint density at radius 2 is 1.80 bits per heavy atom. The molecule has 1 aliphatic carbocycles. The van der Waals surface area contributed by atoms with Crippen LogP contribution in [0.4, 0.5) is 13.2 Å². The molecule has 0 unspecified atom stereocenters. The maximum absolute atomic E-state index is 12.3. The first-order valence-corrected chi connectivity index (χ1v) is 7.85. The number of nitrogens with zero attached hydrogens (tertiary/aromatic N) is 3. The molecule has 0 atom stereocenters. The molecule has 0 bridgehead atoms. The molecule has 1 aromatic carbocycles. The van der Waals surface area contributed by atoms with E-state index in [1.165, 1.54) is 12.1 Å². The normalized spacial score (nSPS) is 14.5. The minimum absolute atomic E-state index is 0.242. The summed E-state index contributed by atoms with van der Waals surface area (Å²) in [5, 5.41) is 0. The zero-order chi connectivity index (χ0) is 17.4. The summed E-state index contributed by atoms with van der Waals surface area (Å²) >= 11 is 0. The highest BCUT2D eigenvalue weighted by atomic mass is 19.4. The average Bonchev–Trinajstić information content (AvgIpc) is 3.34. The van der Waals surface area contributed by atoms with Gasteiger partial charge in [0.1, 0.15) is 11.6 Å². The van der Waals surface area contributed by atoms with E-state index >= 15 is 0 Å². The van der Waals surface area contributed by atoms with Gasteiger partial charge in [-0.3, -0.25) is 4.98 Å². The highest BCUT2D eigenvalue weighted by molar-refractivity contribution is 5.65. The van der Waals surface area contributed by atoms with E-state index in [0.29, 0.717) is 6.04 Å². The number of alkyl halides is 3. The second-order valence-electron chi connectivity index (χ2n) is 5.90. The molecule has 4 nitrogen and oxygen atoms in total. The maximum atomic E-state index is 12.3. The molecule has 1 fully saturated rings. The standard InChI is InChI=1S/C18H14F3N3O/c19-18(20,21)25-15-7-3-12(4-8-15)17-23-16(11-24(17)14-5-6-14)13-2-1-9-22-10-13/h1-4,7-11,14H,5-6H2. The molecule has 3 aromatic rings. The number of hydrogen-bond acceptors (Lipinski definition) is 3. The van der Waals surface area contributed by atoms with Crippen molar-refractivity contribution in [1.82, 2.24) is 14.5 Å². The average molecular weight is 345 g/mol. The van der Waals surface area contributed by atoms with Gasteiger partial charge in [0, 0.05) is 35.8 Å². The molecule has 2 heterocycles. The van der Waals surface area contributed by atoms with Gasteiger partial charge in [0.2, 0.25) is 0 Å². The van der Waals surface area contributed by atoms with E-state index in [4.69, 9.17) is 0 Å². The summed E-state index contributed by atoms with van der Waals surface area (Å²) in [4.78, 5) is 8.78. The van der Waals surface area contributed by atoms with Crippen molar-refractivity contribution in [3.8, 4) is 28.4 Å². The van der Waals surface area contributed by atoms with E-state index in [-0.39, 0.29) is 5.75 Å². The van der Waals surface area contributed by atoms with Crippen LogP contribution in [0, 0.1) is 0 Å². The number of hydrogen-bond donors (Lipinski definition) is 0. The van der Waals surface area contributed by atoms with Gasteiger partial charge in [0.15, 0.2) is 0 Å². The Labute approximate surface area is 141 Å². The minimum atomic E-state index is -4.69. The smallest absolute Gasteiger partial charge is 0.406 e. The van der Waals surface area contributed by atoms with E-state index in [1.807, 2.05) is 18.3 Å². The number of aromatic nitrogens is 3. The van der Waals surface area contributed by atoms with Crippen molar-refractivity contribution < 1.29 is 17.9 Å². The Bertz CT molecular complexity index is 869. The molecule has 0 N–H and O–H groups in total. The lowest BCUT2D eigenvalue weighted by molar-refractivity contribution is -0.274. The Hall–Kier alpha value is -2.83. The molecule has 0 aliphatic heterocycles. The predicted molar refractivity (Wildman–Crippen MR) is 85.8 cm³/mol. The summed E-state index contributed by atoms with van der Waals surface area (Å²) in [5.41, 5.74) is 2.45. The number of ether oxygens (including phenoxy) is 1. The Balaban J connectivity index is 1.68. The molecule has 4 rings (SSSR count). The van der Waals surface area contributed by atoms with Crippen molar-refractivity contribution >= 4 is 0 Å². The molecule has 25 heavy (non-hydrogen) atoms. The largest absolute Gasteiger partial charge is 0.573 e. The van der Waals surface area contributed by atoms with Crippen LogP contribution < -0.4 is 4.74 Å². The van der Waals surface area contributed by atoms with Crippen molar-refractivity contribution in [3.63, 3.8) is 0 Å². The highest BCUT2D eigenvalue weighted by Crippen LogP contribution is 2.40. The molecule has 2 aromatic heterocycles. The summed E-state index contributed by atoms with van der Waals surface area (Å²) in [6.45, 7) is 0. The van der Waals surface area contributed by atoms with Gasteiger partial charge in [0.25, 0.3) is 0 Å². The van der Waals surface area contributed by atoms with Gasteiger partial charge in [-0.15, -0.1) is 13.2 Å². The Morgan fingerprint density at radius 1 is 1.04 bits per heavy atom. The zero-order valence-corrected chi connectivity index (χ0v) is 13.1. The van der Waals surface area contributed by atoms with Gasteiger partial charge in [-0.2, -0.15) is 0 Å². The monoisotopic (exact) mass is 345 g/mol. The van der Waals surface area contributed by atoms with Crippen LogP contribution in [0.5, 0.6) is 5.75 Å². The van der Waals surface area contributed by atoms with Gasteiger partial charge in [-0.1, -0.05) is 0 Å². The summed E-state index contributed by atoms with van der Waals surface area (Å²) in [6.07, 6.45) is 2.87. The number of halogens is 3. The number of rotatable bonds is 4. The first-order chi connectivity index (χ1) is 12.0. The van der Waals surface area contributed by atoms with Gasteiger partial charge < -0.3 is 9.30 Å². The van der Waals surface area contributed by atoms with Crippen LogP contribution in [0.1, 0.15) is 18.9 Å². The van der Waals surface area contributed by atoms with Gasteiger partial charge in [-0.05, 0) is 49.2 Å². The Kier molecular flexibility index (Phi) is 3.71. The van der Waals surface area contributed by atoms with E-state index in [0.717, 1.165) is 35.5 Å².